The van der Waals surface area contributed by atoms with Gasteiger partial charge >= 0.3 is 0 Å². The molecule has 1 fully saturated rings. The summed E-state index contributed by atoms with van der Waals surface area (Å²) >= 11 is 0. The van der Waals surface area contributed by atoms with Crippen LogP contribution < -0.4 is 5.32 Å². The molecular formula is C14H28N2O. The molecule has 0 radical (unpaired) electrons. The van der Waals surface area contributed by atoms with E-state index in [-0.39, 0.29) is 5.41 Å². The number of amides is 1. The Morgan fingerprint density at radius 1 is 1.41 bits per heavy atom. The summed E-state index contributed by atoms with van der Waals surface area (Å²) in [6.07, 6.45) is 0.720. The van der Waals surface area contributed by atoms with E-state index in [4.69, 9.17) is 0 Å². The molecule has 2 atom stereocenters. The minimum atomic E-state index is 0.234. The molecule has 1 aliphatic heterocycles. The molecule has 0 saturated carbocycles. The highest BCUT2D eigenvalue weighted by Crippen LogP contribution is 2.34. The summed E-state index contributed by atoms with van der Waals surface area (Å²) in [5, 5.41) is 3.31. The quantitative estimate of drug-likeness (QED) is 0.816. The average Bonchev–Trinajstić information content (AvgIpc) is 2.55. The first-order chi connectivity index (χ1) is 7.75. The lowest BCUT2D eigenvalue weighted by molar-refractivity contribution is -0.128. The van der Waals surface area contributed by atoms with Gasteiger partial charge in [-0.15, -0.1) is 0 Å². The predicted octanol–water partition coefficient (Wildman–Crippen LogP) is 2.12. The molecule has 0 aromatic carbocycles. The van der Waals surface area contributed by atoms with Crippen molar-refractivity contribution in [2.45, 2.75) is 47.1 Å². The summed E-state index contributed by atoms with van der Waals surface area (Å²) < 4.78 is 0. The Balaban J connectivity index is 2.59. The molecular weight excluding hydrogens is 212 g/mol. The molecule has 1 rings (SSSR count). The summed E-state index contributed by atoms with van der Waals surface area (Å²) in [4.78, 5) is 14.0. The van der Waals surface area contributed by atoms with E-state index in [0.29, 0.717) is 23.8 Å². The number of rotatable bonds is 4. The van der Waals surface area contributed by atoms with Crippen LogP contribution in [0.5, 0.6) is 0 Å². The average molecular weight is 240 g/mol. The molecule has 1 amide bonds. The lowest BCUT2D eigenvalue weighted by Gasteiger charge is -2.29. The van der Waals surface area contributed by atoms with Gasteiger partial charge in [-0.2, -0.15) is 0 Å². The summed E-state index contributed by atoms with van der Waals surface area (Å²) in [5.41, 5.74) is 0.234. The summed E-state index contributed by atoms with van der Waals surface area (Å²) in [7, 11) is 1.98. The summed E-state index contributed by atoms with van der Waals surface area (Å²) in [6.45, 7) is 12.9. The van der Waals surface area contributed by atoms with E-state index < -0.39 is 0 Å². The zero-order valence-corrected chi connectivity index (χ0v) is 12.2. The Hall–Kier alpha value is -0.570. The maximum Gasteiger partial charge on any atom is 0.222 e. The maximum absolute atomic E-state index is 12.0. The third-order valence-corrected chi connectivity index (χ3v) is 4.03. The van der Waals surface area contributed by atoms with Gasteiger partial charge in [-0.05, 0) is 24.3 Å². The van der Waals surface area contributed by atoms with E-state index in [1.807, 2.05) is 11.9 Å². The molecule has 100 valence electrons. The first-order valence-corrected chi connectivity index (χ1v) is 6.70. The van der Waals surface area contributed by atoms with Gasteiger partial charge in [0.05, 0.1) is 0 Å². The second kappa shape index (κ2) is 5.38. The number of carbonyl (C=O) groups excluding carboxylic acids is 1. The predicted molar refractivity (Wildman–Crippen MR) is 71.8 cm³/mol. The van der Waals surface area contributed by atoms with Crippen LogP contribution in [0.25, 0.3) is 0 Å². The first kappa shape index (κ1) is 14.5. The number of likely N-dealkylation sites (N-methyl/N-ethyl adjacent to an activating group) is 1. The van der Waals surface area contributed by atoms with Gasteiger partial charge in [0.25, 0.3) is 0 Å². The smallest absolute Gasteiger partial charge is 0.222 e. The van der Waals surface area contributed by atoms with Gasteiger partial charge in [0, 0.05) is 25.6 Å². The zero-order valence-electron chi connectivity index (χ0n) is 12.2. The van der Waals surface area contributed by atoms with E-state index in [0.717, 1.165) is 19.5 Å². The third kappa shape index (κ3) is 3.70. The largest absolute Gasteiger partial charge is 0.341 e. The van der Waals surface area contributed by atoms with Crippen LogP contribution in [0.15, 0.2) is 0 Å². The fourth-order valence-electron chi connectivity index (χ4n) is 2.40. The van der Waals surface area contributed by atoms with Crippen molar-refractivity contribution in [2.75, 3.05) is 20.1 Å². The van der Waals surface area contributed by atoms with E-state index >= 15 is 0 Å². The molecule has 1 N–H and O–H groups in total. The number of nitrogens with one attached hydrogen (secondary N) is 1. The van der Waals surface area contributed by atoms with Crippen molar-refractivity contribution in [1.29, 1.82) is 0 Å². The van der Waals surface area contributed by atoms with Crippen LogP contribution in [0.1, 0.15) is 41.0 Å². The van der Waals surface area contributed by atoms with Gasteiger partial charge in [0.2, 0.25) is 5.91 Å². The van der Waals surface area contributed by atoms with Gasteiger partial charge < -0.3 is 10.2 Å². The molecule has 0 aromatic rings. The van der Waals surface area contributed by atoms with Crippen LogP contribution in [0.4, 0.5) is 0 Å². The molecule has 1 heterocycles. The van der Waals surface area contributed by atoms with Crippen molar-refractivity contribution >= 4 is 5.91 Å². The highest BCUT2D eigenvalue weighted by molar-refractivity contribution is 5.78. The molecule has 1 aliphatic rings. The number of hydrogen-bond acceptors (Lipinski definition) is 2. The monoisotopic (exact) mass is 240 g/mol. The van der Waals surface area contributed by atoms with Crippen molar-refractivity contribution in [3.05, 3.63) is 0 Å². The third-order valence-electron chi connectivity index (χ3n) is 4.03. The normalized spacial score (nSPS) is 23.6. The lowest BCUT2D eigenvalue weighted by Crippen LogP contribution is -2.43. The van der Waals surface area contributed by atoms with Crippen molar-refractivity contribution in [1.82, 2.24) is 10.2 Å². The van der Waals surface area contributed by atoms with Crippen LogP contribution in [0.3, 0.4) is 0 Å². The second-order valence-electron chi connectivity index (χ2n) is 6.70. The highest BCUT2D eigenvalue weighted by Gasteiger charge is 2.37. The van der Waals surface area contributed by atoms with Crippen molar-refractivity contribution < 1.29 is 4.79 Å². The number of nitrogens with zero attached hydrogens (tertiary/aromatic N) is 1. The maximum atomic E-state index is 12.0. The molecule has 0 aromatic heterocycles. The van der Waals surface area contributed by atoms with E-state index in [2.05, 4.69) is 39.9 Å². The fraction of sp³-hybridized carbons (Fsp3) is 0.929. The minimum absolute atomic E-state index is 0.234. The van der Waals surface area contributed by atoms with E-state index in [1.54, 1.807) is 0 Å². The summed E-state index contributed by atoms with van der Waals surface area (Å²) in [6, 6.07) is 0.401. The molecule has 3 heteroatoms. The lowest BCUT2D eigenvalue weighted by atomic mass is 9.80. The van der Waals surface area contributed by atoms with Crippen molar-refractivity contribution in [3.63, 3.8) is 0 Å². The highest BCUT2D eigenvalue weighted by atomic mass is 16.2. The van der Waals surface area contributed by atoms with Gasteiger partial charge in [0.15, 0.2) is 0 Å². The standard InChI is InChI=1S/C14H28N2O/c1-10(2)12(15-6)9-16-8-11(7-13(16)17)14(3,4)5/h10-12,15H,7-9H2,1-6H3. The Morgan fingerprint density at radius 3 is 2.35 bits per heavy atom. The topological polar surface area (TPSA) is 32.3 Å². The zero-order chi connectivity index (χ0) is 13.2. The molecule has 17 heavy (non-hydrogen) atoms. The number of hydrogen-bond donors (Lipinski definition) is 1. The molecule has 0 aliphatic carbocycles. The van der Waals surface area contributed by atoms with Gasteiger partial charge in [-0.1, -0.05) is 34.6 Å². The molecule has 0 spiro atoms. The Labute approximate surface area is 106 Å². The van der Waals surface area contributed by atoms with Gasteiger partial charge in [-0.25, -0.2) is 0 Å². The minimum Gasteiger partial charge on any atom is -0.341 e. The summed E-state index contributed by atoms with van der Waals surface area (Å²) in [5.74, 6) is 1.38. The SMILES string of the molecule is CNC(CN1CC(C(C)(C)C)CC1=O)C(C)C. The number of carbonyl (C=O) groups is 1. The second-order valence-corrected chi connectivity index (χ2v) is 6.70. The Morgan fingerprint density at radius 2 is 2.00 bits per heavy atom. The molecule has 2 unspecified atom stereocenters. The number of likely N-dealkylation sites (tertiary alicyclic amines) is 1. The molecule has 3 nitrogen and oxygen atoms in total. The van der Waals surface area contributed by atoms with Crippen LogP contribution in [-0.2, 0) is 4.79 Å². The van der Waals surface area contributed by atoms with E-state index in [9.17, 15) is 4.79 Å². The van der Waals surface area contributed by atoms with Crippen molar-refractivity contribution in [2.24, 2.45) is 17.3 Å². The molecule has 0 bridgehead atoms. The van der Waals surface area contributed by atoms with Crippen molar-refractivity contribution in [3.8, 4) is 0 Å². The van der Waals surface area contributed by atoms with Crippen LogP contribution in [0.2, 0.25) is 0 Å². The van der Waals surface area contributed by atoms with Crippen LogP contribution in [-0.4, -0.2) is 37.0 Å². The fourth-order valence-corrected chi connectivity index (χ4v) is 2.40. The van der Waals surface area contributed by atoms with Gasteiger partial charge in [-0.3, -0.25) is 4.79 Å². The Kier molecular flexibility index (Phi) is 4.59. The Bertz CT molecular complexity index is 268. The molecule has 1 saturated heterocycles. The van der Waals surface area contributed by atoms with E-state index in [1.165, 1.54) is 0 Å². The van der Waals surface area contributed by atoms with Crippen LogP contribution >= 0.6 is 0 Å². The van der Waals surface area contributed by atoms with Gasteiger partial charge in [0.1, 0.15) is 0 Å². The first-order valence-electron chi connectivity index (χ1n) is 6.70. The van der Waals surface area contributed by atoms with Crippen LogP contribution in [0, 0.1) is 17.3 Å².